The van der Waals surface area contributed by atoms with Crippen molar-refractivity contribution in [2.24, 2.45) is 5.92 Å². The molecule has 4 rings (SSSR count). The van der Waals surface area contributed by atoms with Crippen molar-refractivity contribution < 1.29 is 13.2 Å². The average molecular weight is 490 g/mol. The van der Waals surface area contributed by atoms with Gasteiger partial charge in [-0.1, -0.05) is 68.4 Å². The van der Waals surface area contributed by atoms with E-state index < -0.39 is 10.0 Å². The second kappa shape index (κ2) is 10.8. The number of carbonyl (C=O) groups excluding carboxylic acids is 1. The van der Waals surface area contributed by atoms with Crippen LogP contribution in [-0.4, -0.2) is 27.4 Å². The van der Waals surface area contributed by atoms with Gasteiger partial charge in [0.15, 0.2) is 0 Å². The summed E-state index contributed by atoms with van der Waals surface area (Å²) >= 11 is 0. The van der Waals surface area contributed by atoms with E-state index in [9.17, 15) is 13.2 Å². The topological polar surface area (TPSA) is 78.5 Å². The van der Waals surface area contributed by atoms with Gasteiger partial charge in [-0.3, -0.25) is 9.52 Å². The van der Waals surface area contributed by atoms with Gasteiger partial charge in [0.1, 0.15) is 0 Å². The Bertz CT molecular complexity index is 1320. The van der Waals surface area contributed by atoms with Gasteiger partial charge in [0, 0.05) is 31.0 Å². The highest BCUT2D eigenvalue weighted by Crippen LogP contribution is 2.30. The summed E-state index contributed by atoms with van der Waals surface area (Å²) in [5.74, 6) is 0.0857. The summed E-state index contributed by atoms with van der Waals surface area (Å²) in [7, 11) is -3.75. The quantitative estimate of drug-likeness (QED) is 0.464. The number of hydrogen-bond acceptors (Lipinski definition) is 4. The largest absolute Gasteiger partial charge is 0.366 e. The van der Waals surface area contributed by atoms with Crippen LogP contribution in [0, 0.1) is 5.92 Å². The van der Waals surface area contributed by atoms with Crippen molar-refractivity contribution in [1.29, 1.82) is 0 Å². The van der Waals surface area contributed by atoms with Crippen molar-refractivity contribution >= 4 is 33.4 Å². The van der Waals surface area contributed by atoms with Gasteiger partial charge in [0.25, 0.3) is 15.9 Å². The zero-order valence-corrected chi connectivity index (χ0v) is 20.9. The standard InChI is InChI=1S/C28H31N3O3S/c1-21(2)19-29-28(32)26-18-25(30-35(33,34)17-15-22-8-4-3-5-9-22)12-13-27(26)31-16-14-23-10-6-7-11-24(23)20-31/h3-13,15,17-18,21,30H,14,16,19-20H2,1-2H3,(H,29,32)/b17-15+. The summed E-state index contributed by atoms with van der Waals surface area (Å²) in [5, 5.41) is 4.11. The molecule has 0 unspecified atom stereocenters. The second-order valence-corrected chi connectivity index (χ2v) is 10.7. The number of carbonyl (C=O) groups is 1. The lowest BCUT2D eigenvalue weighted by Gasteiger charge is -2.32. The first-order chi connectivity index (χ1) is 16.8. The number of amides is 1. The maximum absolute atomic E-state index is 13.2. The zero-order chi connectivity index (χ0) is 24.8. The molecule has 182 valence electrons. The number of fused-ring (bicyclic) bond motifs is 1. The molecule has 0 fully saturated rings. The number of nitrogens with one attached hydrogen (secondary N) is 2. The van der Waals surface area contributed by atoms with E-state index in [2.05, 4.69) is 27.1 Å². The zero-order valence-electron chi connectivity index (χ0n) is 20.1. The molecule has 1 amide bonds. The lowest BCUT2D eigenvalue weighted by Crippen LogP contribution is -2.34. The third-order valence-corrected chi connectivity index (χ3v) is 6.90. The molecule has 7 heteroatoms. The summed E-state index contributed by atoms with van der Waals surface area (Å²) in [6.45, 7) is 6.09. The lowest BCUT2D eigenvalue weighted by atomic mass is 9.98. The van der Waals surface area contributed by atoms with Crippen LogP contribution in [0.2, 0.25) is 0 Å². The summed E-state index contributed by atoms with van der Waals surface area (Å²) in [4.78, 5) is 15.3. The Morgan fingerprint density at radius 3 is 2.46 bits per heavy atom. The van der Waals surface area contributed by atoms with Gasteiger partial charge in [-0.25, -0.2) is 8.42 Å². The Balaban J connectivity index is 1.60. The van der Waals surface area contributed by atoms with Crippen molar-refractivity contribution in [1.82, 2.24) is 5.32 Å². The average Bonchev–Trinajstić information content (AvgIpc) is 2.86. The molecule has 0 bridgehead atoms. The molecule has 2 N–H and O–H groups in total. The first-order valence-electron chi connectivity index (χ1n) is 11.8. The molecule has 0 saturated heterocycles. The molecule has 1 aliphatic rings. The van der Waals surface area contributed by atoms with Crippen molar-refractivity contribution in [3.8, 4) is 0 Å². The van der Waals surface area contributed by atoms with Gasteiger partial charge < -0.3 is 10.2 Å². The fraction of sp³-hybridized carbons (Fsp3) is 0.250. The van der Waals surface area contributed by atoms with E-state index in [1.165, 1.54) is 17.2 Å². The van der Waals surface area contributed by atoms with E-state index in [4.69, 9.17) is 0 Å². The molecular weight excluding hydrogens is 458 g/mol. The van der Waals surface area contributed by atoms with Crippen molar-refractivity contribution in [2.75, 3.05) is 22.7 Å². The molecule has 1 aliphatic heterocycles. The lowest BCUT2D eigenvalue weighted by molar-refractivity contribution is 0.0949. The van der Waals surface area contributed by atoms with Crippen LogP contribution >= 0.6 is 0 Å². The van der Waals surface area contributed by atoms with Gasteiger partial charge in [-0.05, 0) is 53.3 Å². The van der Waals surface area contributed by atoms with Crippen LogP contribution in [0.25, 0.3) is 6.08 Å². The Morgan fingerprint density at radius 1 is 1.00 bits per heavy atom. The molecule has 0 saturated carbocycles. The van der Waals surface area contributed by atoms with Crippen molar-refractivity contribution in [2.45, 2.75) is 26.8 Å². The number of benzene rings is 3. The van der Waals surface area contributed by atoms with Crippen molar-refractivity contribution in [3.63, 3.8) is 0 Å². The maximum Gasteiger partial charge on any atom is 0.255 e. The van der Waals surface area contributed by atoms with Crippen LogP contribution in [0.1, 0.15) is 40.9 Å². The molecule has 3 aromatic rings. The molecule has 1 heterocycles. The van der Waals surface area contributed by atoms with Gasteiger partial charge in [-0.15, -0.1) is 0 Å². The van der Waals surface area contributed by atoms with Crippen LogP contribution in [-0.2, 0) is 23.0 Å². The molecule has 0 atom stereocenters. The third-order valence-electron chi connectivity index (χ3n) is 5.88. The molecule has 3 aromatic carbocycles. The fourth-order valence-corrected chi connectivity index (χ4v) is 4.94. The Hall–Kier alpha value is -3.58. The number of anilines is 2. The van der Waals surface area contributed by atoms with Gasteiger partial charge in [0.05, 0.1) is 11.0 Å². The molecule has 0 aliphatic carbocycles. The van der Waals surface area contributed by atoms with Crippen LogP contribution in [0.4, 0.5) is 11.4 Å². The number of sulfonamides is 1. The van der Waals surface area contributed by atoms with E-state index in [0.29, 0.717) is 30.3 Å². The molecule has 6 nitrogen and oxygen atoms in total. The Morgan fingerprint density at radius 2 is 1.71 bits per heavy atom. The maximum atomic E-state index is 13.2. The first-order valence-corrected chi connectivity index (χ1v) is 13.4. The molecule has 35 heavy (non-hydrogen) atoms. The smallest absolute Gasteiger partial charge is 0.255 e. The molecule has 0 aromatic heterocycles. The van der Waals surface area contributed by atoms with E-state index in [1.807, 2.05) is 62.4 Å². The SMILES string of the molecule is CC(C)CNC(=O)c1cc(NS(=O)(=O)/C=C/c2ccccc2)ccc1N1CCc2ccccc2C1. The normalized spacial score (nSPS) is 13.6. The summed E-state index contributed by atoms with van der Waals surface area (Å²) in [6.07, 6.45) is 2.43. The molecular formula is C28H31N3O3S. The minimum absolute atomic E-state index is 0.214. The molecule has 0 spiro atoms. The number of hydrogen-bond donors (Lipinski definition) is 2. The van der Waals surface area contributed by atoms with Crippen molar-refractivity contribution in [3.05, 3.63) is 100 Å². The van der Waals surface area contributed by atoms with Gasteiger partial charge in [-0.2, -0.15) is 0 Å². The number of rotatable bonds is 8. The highest BCUT2D eigenvalue weighted by molar-refractivity contribution is 7.95. The predicted molar refractivity (Wildman–Crippen MR) is 143 cm³/mol. The fourth-order valence-electron chi connectivity index (χ4n) is 4.08. The van der Waals surface area contributed by atoms with E-state index in [1.54, 1.807) is 12.1 Å². The predicted octanol–water partition coefficient (Wildman–Crippen LogP) is 5.05. The third kappa shape index (κ3) is 6.51. The van der Waals surface area contributed by atoms with Gasteiger partial charge >= 0.3 is 0 Å². The summed E-state index contributed by atoms with van der Waals surface area (Å²) in [5.41, 5.74) is 4.94. The Kier molecular flexibility index (Phi) is 7.56. The first kappa shape index (κ1) is 24.5. The van der Waals surface area contributed by atoms with Crippen LogP contribution in [0.3, 0.4) is 0 Å². The minimum Gasteiger partial charge on any atom is -0.366 e. The second-order valence-electron chi connectivity index (χ2n) is 9.14. The highest BCUT2D eigenvalue weighted by Gasteiger charge is 2.22. The summed E-state index contributed by atoms with van der Waals surface area (Å²) < 4.78 is 28.0. The monoisotopic (exact) mass is 489 g/mol. The van der Waals surface area contributed by atoms with E-state index in [0.717, 1.165) is 29.6 Å². The Labute approximate surface area is 207 Å². The number of nitrogens with zero attached hydrogens (tertiary/aromatic N) is 1. The van der Waals surface area contributed by atoms with Crippen LogP contribution in [0.15, 0.2) is 78.2 Å². The highest BCUT2D eigenvalue weighted by atomic mass is 32.2. The minimum atomic E-state index is -3.75. The van der Waals surface area contributed by atoms with Crippen LogP contribution in [0.5, 0.6) is 0 Å². The summed E-state index contributed by atoms with van der Waals surface area (Å²) in [6, 6.07) is 22.7. The van der Waals surface area contributed by atoms with Crippen LogP contribution < -0.4 is 14.9 Å². The van der Waals surface area contributed by atoms with E-state index >= 15 is 0 Å². The van der Waals surface area contributed by atoms with E-state index in [-0.39, 0.29) is 5.91 Å². The van der Waals surface area contributed by atoms with Gasteiger partial charge in [0.2, 0.25) is 0 Å². The molecule has 0 radical (unpaired) electrons.